The van der Waals surface area contributed by atoms with E-state index in [2.05, 4.69) is 15.5 Å². The molecule has 0 aliphatic rings. The van der Waals surface area contributed by atoms with E-state index in [9.17, 15) is 0 Å². The fourth-order valence-corrected chi connectivity index (χ4v) is 2.03. The van der Waals surface area contributed by atoms with Crippen LogP contribution in [-0.4, -0.2) is 16.0 Å². The molecule has 21 heavy (non-hydrogen) atoms. The highest BCUT2D eigenvalue weighted by atomic mass is 16.4. The molecule has 0 aliphatic heterocycles. The Morgan fingerprint density at radius 2 is 2.24 bits per heavy atom. The molecule has 1 aromatic heterocycles. The average molecular weight is 288 g/mol. The first-order chi connectivity index (χ1) is 10.0. The summed E-state index contributed by atoms with van der Waals surface area (Å²) in [5.41, 5.74) is 8.49. The third-order valence-electron chi connectivity index (χ3n) is 3.35. The summed E-state index contributed by atoms with van der Waals surface area (Å²) < 4.78 is 5.50. The molecule has 0 fully saturated rings. The minimum absolute atomic E-state index is 0.0295. The minimum atomic E-state index is 0.0295. The first kappa shape index (κ1) is 15.1. The second-order valence-corrected chi connectivity index (χ2v) is 5.04. The van der Waals surface area contributed by atoms with Gasteiger partial charge in [-0.1, -0.05) is 17.3 Å². The van der Waals surface area contributed by atoms with E-state index in [1.54, 1.807) is 6.20 Å². The Labute approximate surface area is 123 Å². The number of benzene rings is 1. The lowest BCUT2D eigenvalue weighted by Crippen LogP contribution is -2.19. The largest absolute Gasteiger partial charge is 0.444 e. The highest BCUT2D eigenvalue weighted by Crippen LogP contribution is 2.15. The minimum Gasteiger partial charge on any atom is -0.444 e. The Morgan fingerprint density at radius 3 is 2.81 bits per heavy atom. The number of nitrogens with one attached hydrogen (secondary N) is 1. The summed E-state index contributed by atoms with van der Waals surface area (Å²) in [6.07, 6.45) is 1.71. The molecule has 1 unspecified atom stereocenters. The second kappa shape index (κ2) is 6.41. The van der Waals surface area contributed by atoms with Crippen molar-refractivity contribution < 1.29 is 9.62 Å². The number of oxazole rings is 1. The molecule has 4 N–H and O–H groups in total. The summed E-state index contributed by atoms with van der Waals surface area (Å²) in [6.45, 7) is 6.56. The maximum Gasteiger partial charge on any atom is 0.211 e. The standard InChI is InChI=1S/C15H20N4O2/c1-9-6-12(14(16)19-20)4-5-13(9)8-17-11(3)15-18-7-10(2)21-15/h4-7,11,17,20H,8H2,1-3H3,(H2,16,19). The lowest BCUT2D eigenvalue weighted by atomic mass is 10.0. The zero-order valence-corrected chi connectivity index (χ0v) is 12.4. The van der Waals surface area contributed by atoms with Crippen LogP contribution in [-0.2, 0) is 6.54 Å². The van der Waals surface area contributed by atoms with Crippen LogP contribution in [0.2, 0.25) is 0 Å². The van der Waals surface area contributed by atoms with Gasteiger partial charge in [0.2, 0.25) is 5.89 Å². The predicted octanol–water partition coefficient (Wildman–Crippen LogP) is 2.24. The summed E-state index contributed by atoms with van der Waals surface area (Å²) in [6, 6.07) is 5.72. The van der Waals surface area contributed by atoms with Crippen LogP contribution in [0.4, 0.5) is 0 Å². The maximum absolute atomic E-state index is 8.69. The summed E-state index contributed by atoms with van der Waals surface area (Å²) in [5, 5.41) is 15.1. The number of rotatable bonds is 5. The molecule has 6 heteroatoms. The second-order valence-electron chi connectivity index (χ2n) is 5.04. The fraction of sp³-hybridized carbons (Fsp3) is 0.333. The molecular formula is C15H20N4O2. The number of oxime groups is 1. The van der Waals surface area contributed by atoms with E-state index in [1.165, 1.54) is 0 Å². The van der Waals surface area contributed by atoms with E-state index < -0.39 is 0 Å². The number of aryl methyl sites for hydroxylation is 2. The van der Waals surface area contributed by atoms with Gasteiger partial charge in [0.05, 0.1) is 12.2 Å². The van der Waals surface area contributed by atoms with Crippen LogP contribution in [0.1, 0.15) is 41.3 Å². The number of amidine groups is 1. The molecule has 0 saturated heterocycles. The van der Waals surface area contributed by atoms with Crippen molar-refractivity contribution in [2.24, 2.45) is 10.9 Å². The van der Waals surface area contributed by atoms with Gasteiger partial charge >= 0.3 is 0 Å². The molecule has 0 aliphatic carbocycles. The van der Waals surface area contributed by atoms with Crippen LogP contribution in [0.15, 0.2) is 34.0 Å². The smallest absolute Gasteiger partial charge is 0.211 e. The van der Waals surface area contributed by atoms with Gasteiger partial charge in [-0.2, -0.15) is 0 Å². The average Bonchev–Trinajstić information content (AvgIpc) is 2.91. The SMILES string of the molecule is Cc1cnc(C(C)NCc2ccc(/C(N)=N/O)cc2C)o1. The molecular weight excluding hydrogens is 268 g/mol. The molecule has 2 rings (SSSR count). The Hall–Kier alpha value is -2.34. The van der Waals surface area contributed by atoms with Gasteiger partial charge < -0.3 is 20.7 Å². The number of nitrogens with zero attached hydrogens (tertiary/aromatic N) is 2. The van der Waals surface area contributed by atoms with Gasteiger partial charge in [0, 0.05) is 12.1 Å². The van der Waals surface area contributed by atoms with Gasteiger partial charge in [-0.3, -0.25) is 0 Å². The van der Waals surface area contributed by atoms with Crippen LogP contribution >= 0.6 is 0 Å². The third-order valence-corrected chi connectivity index (χ3v) is 3.35. The van der Waals surface area contributed by atoms with Crippen LogP contribution in [0, 0.1) is 13.8 Å². The van der Waals surface area contributed by atoms with Crippen molar-refractivity contribution in [1.82, 2.24) is 10.3 Å². The highest BCUT2D eigenvalue weighted by molar-refractivity contribution is 5.97. The Balaban J connectivity index is 2.03. The molecule has 0 spiro atoms. The van der Waals surface area contributed by atoms with Crippen molar-refractivity contribution in [2.75, 3.05) is 0 Å². The van der Waals surface area contributed by atoms with E-state index >= 15 is 0 Å². The molecule has 0 amide bonds. The van der Waals surface area contributed by atoms with Gasteiger partial charge in [-0.15, -0.1) is 0 Å². The van der Waals surface area contributed by atoms with Gasteiger partial charge in [-0.05, 0) is 38.0 Å². The van der Waals surface area contributed by atoms with E-state index in [-0.39, 0.29) is 11.9 Å². The Bertz CT molecular complexity index is 649. The van der Waals surface area contributed by atoms with Crippen LogP contribution < -0.4 is 11.1 Å². The van der Waals surface area contributed by atoms with E-state index in [0.717, 1.165) is 16.9 Å². The lowest BCUT2D eigenvalue weighted by molar-refractivity contribution is 0.318. The molecule has 6 nitrogen and oxygen atoms in total. The molecule has 0 radical (unpaired) electrons. The van der Waals surface area contributed by atoms with Crippen LogP contribution in [0.5, 0.6) is 0 Å². The summed E-state index contributed by atoms with van der Waals surface area (Å²) >= 11 is 0. The van der Waals surface area contributed by atoms with Crippen LogP contribution in [0.25, 0.3) is 0 Å². The van der Waals surface area contributed by atoms with Crippen molar-refractivity contribution in [2.45, 2.75) is 33.4 Å². The summed E-state index contributed by atoms with van der Waals surface area (Å²) in [4.78, 5) is 4.21. The molecule has 112 valence electrons. The molecule has 0 bridgehead atoms. The molecule has 1 heterocycles. The Kier molecular flexibility index (Phi) is 4.59. The lowest BCUT2D eigenvalue weighted by Gasteiger charge is -2.13. The van der Waals surface area contributed by atoms with Crippen molar-refractivity contribution in [3.63, 3.8) is 0 Å². The van der Waals surface area contributed by atoms with Crippen molar-refractivity contribution >= 4 is 5.84 Å². The zero-order valence-electron chi connectivity index (χ0n) is 12.4. The molecule has 2 aromatic rings. The molecule has 1 atom stereocenters. The quantitative estimate of drug-likeness (QED) is 0.339. The predicted molar refractivity (Wildman–Crippen MR) is 80.2 cm³/mol. The summed E-state index contributed by atoms with van der Waals surface area (Å²) in [5.74, 6) is 1.60. The third kappa shape index (κ3) is 3.61. The fourth-order valence-electron chi connectivity index (χ4n) is 2.03. The van der Waals surface area contributed by atoms with Gasteiger partial charge in [-0.25, -0.2) is 4.98 Å². The number of aromatic nitrogens is 1. The van der Waals surface area contributed by atoms with Crippen LogP contribution in [0.3, 0.4) is 0 Å². The molecule has 0 saturated carbocycles. The van der Waals surface area contributed by atoms with E-state index in [4.69, 9.17) is 15.4 Å². The van der Waals surface area contributed by atoms with Crippen molar-refractivity contribution in [1.29, 1.82) is 0 Å². The zero-order chi connectivity index (χ0) is 15.4. The number of hydrogen-bond donors (Lipinski definition) is 3. The van der Waals surface area contributed by atoms with Gasteiger partial charge in [0.15, 0.2) is 5.84 Å². The number of hydrogen-bond acceptors (Lipinski definition) is 5. The normalized spacial score (nSPS) is 13.4. The first-order valence-corrected chi connectivity index (χ1v) is 6.74. The van der Waals surface area contributed by atoms with Crippen molar-refractivity contribution in [3.05, 3.63) is 52.7 Å². The monoisotopic (exact) mass is 288 g/mol. The maximum atomic E-state index is 8.69. The van der Waals surface area contributed by atoms with Gasteiger partial charge in [0.25, 0.3) is 0 Å². The summed E-state index contributed by atoms with van der Waals surface area (Å²) in [7, 11) is 0. The van der Waals surface area contributed by atoms with E-state index in [0.29, 0.717) is 18.0 Å². The number of nitrogens with two attached hydrogens (primary N) is 1. The first-order valence-electron chi connectivity index (χ1n) is 6.74. The van der Waals surface area contributed by atoms with Gasteiger partial charge in [0.1, 0.15) is 5.76 Å². The topological polar surface area (TPSA) is 96.7 Å². The van der Waals surface area contributed by atoms with E-state index in [1.807, 2.05) is 39.0 Å². The molecule has 1 aromatic carbocycles. The Morgan fingerprint density at radius 1 is 1.48 bits per heavy atom. The van der Waals surface area contributed by atoms with Crippen molar-refractivity contribution in [3.8, 4) is 0 Å². The highest BCUT2D eigenvalue weighted by Gasteiger charge is 2.11.